The average Bonchev–Trinajstić information content (AvgIpc) is 1.85. The Bertz CT molecular complexity index is 117. The highest BCUT2D eigenvalue weighted by atomic mass is 16.4. The molecule has 0 bridgehead atoms. The number of hydrazone groups is 1. The smallest absolute Gasteiger partial charge is 0.427 e. The molecule has 0 radical (unpaired) electrons. The van der Waals surface area contributed by atoms with Gasteiger partial charge in [-0.2, -0.15) is 5.10 Å². The third-order valence-corrected chi connectivity index (χ3v) is 0.978. The fourth-order valence-electron chi connectivity index (χ4n) is 0.490. The molecule has 0 aliphatic carbocycles. The molecule has 0 rings (SSSR count). The molecule has 0 unspecified atom stereocenters. The molecule has 0 aliphatic rings. The fraction of sp³-hybridized carbons (Fsp3) is 0.833. The quantitative estimate of drug-likeness (QED) is 0.295. The van der Waals surface area contributed by atoms with Crippen molar-refractivity contribution in [3.8, 4) is 0 Å². The van der Waals surface area contributed by atoms with E-state index in [1.54, 1.807) is 6.21 Å². The van der Waals surface area contributed by atoms with Crippen molar-refractivity contribution in [3.63, 3.8) is 0 Å². The van der Waals surface area contributed by atoms with E-state index in [0.717, 1.165) is 0 Å². The molecule has 0 aromatic rings. The summed E-state index contributed by atoms with van der Waals surface area (Å²) in [5.41, 5.74) is 2.83. The Morgan fingerprint density at radius 1 is 1.55 bits per heavy atom. The molecular weight excluding hydrogens is 143 g/mol. The van der Waals surface area contributed by atoms with E-state index in [1.807, 2.05) is 13.8 Å². The van der Waals surface area contributed by atoms with Gasteiger partial charge < -0.3 is 15.5 Å². The highest BCUT2D eigenvalue weighted by Crippen LogP contribution is 1.87. The van der Waals surface area contributed by atoms with E-state index in [9.17, 15) is 0 Å². The average molecular weight is 158 g/mol. The van der Waals surface area contributed by atoms with E-state index in [2.05, 4.69) is 10.5 Å². The lowest BCUT2D eigenvalue weighted by Gasteiger charge is -2.01. The summed E-state index contributed by atoms with van der Waals surface area (Å²) < 4.78 is 0. The zero-order valence-corrected chi connectivity index (χ0v) is 6.99. The Labute approximate surface area is 67.5 Å². The summed E-state index contributed by atoms with van der Waals surface area (Å²) in [5.74, 6) is 0. The zero-order chi connectivity index (χ0) is 8.69. The van der Waals surface area contributed by atoms with Crippen LogP contribution in [0, 0.1) is 0 Å². The molecule has 0 spiro atoms. The topological polar surface area (TPSA) is 64.9 Å². The predicted molar refractivity (Wildman–Crippen MR) is 46.4 cm³/mol. The van der Waals surface area contributed by atoms with Crippen molar-refractivity contribution < 1.29 is 10.0 Å². The first-order chi connectivity index (χ1) is 5.13. The van der Waals surface area contributed by atoms with Gasteiger partial charge in [0.1, 0.15) is 0 Å². The maximum absolute atomic E-state index is 8.43. The normalized spacial score (nSPS) is 11.0. The minimum atomic E-state index is -1.22. The first-order valence-electron chi connectivity index (χ1n) is 3.76. The first-order valence-corrected chi connectivity index (χ1v) is 3.76. The highest BCUT2D eigenvalue weighted by molar-refractivity contribution is 6.41. The van der Waals surface area contributed by atoms with E-state index < -0.39 is 7.12 Å². The van der Waals surface area contributed by atoms with E-state index in [1.165, 1.54) is 0 Å². The minimum absolute atomic E-state index is 0.324. The summed E-state index contributed by atoms with van der Waals surface area (Å²) >= 11 is 0. The van der Waals surface area contributed by atoms with Gasteiger partial charge >= 0.3 is 7.12 Å². The van der Waals surface area contributed by atoms with Crippen LogP contribution in [-0.4, -0.2) is 29.4 Å². The molecule has 0 amide bonds. The summed E-state index contributed by atoms with van der Waals surface area (Å²) in [6, 6.07) is 0.324. The molecule has 11 heavy (non-hydrogen) atoms. The summed E-state index contributed by atoms with van der Waals surface area (Å²) in [7, 11) is -1.22. The summed E-state index contributed by atoms with van der Waals surface area (Å²) in [4.78, 5) is 0. The lowest BCUT2D eigenvalue weighted by molar-refractivity contribution is 0.406. The SMILES string of the molecule is CC(C)N/N=C\CCB(O)O. The van der Waals surface area contributed by atoms with Crippen LogP contribution in [0.4, 0.5) is 0 Å². The van der Waals surface area contributed by atoms with Crippen LogP contribution in [0.2, 0.25) is 6.32 Å². The first kappa shape index (κ1) is 10.5. The third kappa shape index (κ3) is 9.45. The van der Waals surface area contributed by atoms with Crippen LogP contribution in [0.1, 0.15) is 20.3 Å². The molecule has 4 nitrogen and oxygen atoms in total. The predicted octanol–water partition coefficient (Wildman–Crippen LogP) is -0.167. The molecule has 64 valence electrons. The number of nitrogens with one attached hydrogen (secondary N) is 1. The Hall–Kier alpha value is -0.545. The maximum Gasteiger partial charge on any atom is 0.451 e. The van der Waals surface area contributed by atoms with Crippen LogP contribution < -0.4 is 5.43 Å². The molecule has 0 aliphatic heterocycles. The third-order valence-electron chi connectivity index (χ3n) is 0.978. The summed E-state index contributed by atoms with van der Waals surface area (Å²) in [5, 5.41) is 20.7. The molecule has 0 saturated heterocycles. The van der Waals surface area contributed by atoms with Gasteiger partial charge in [0.15, 0.2) is 0 Å². The van der Waals surface area contributed by atoms with Crippen LogP contribution in [-0.2, 0) is 0 Å². The van der Waals surface area contributed by atoms with Gasteiger partial charge in [-0.15, -0.1) is 0 Å². The zero-order valence-electron chi connectivity index (χ0n) is 6.99. The van der Waals surface area contributed by atoms with Crippen molar-refractivity contribution in [1.29, 1.82) is 0 Å². The van der Waals surface area contributed by atoms with E-state index >= 15 is 0 Å². The van der Waals surface area contributed by atoms with Crippen LogP contribution in [0.15, 0.2) is 5.10 Å². The van der Waals surface area contributed by atoms with Crippen molar-refractivity contribution in [2.45, 2.75) is 32.6 Å². The number of rotatable bonds is 5. The number of hydrogen-bond acceptors (Lipinski definition) is 4. The monoisotopic (exact) mass is 158 g/mol. The molecule has 5 heteroatoms. The number of hydrogen-bond donors (Lipinski definition) is 3. The summed E-state index contributed by atoms with van der Waals surface area (Å²) in [6.07, 6.45) is 2.56. The van der Waals surface area contributed by atoms with E-state index in [4.69, 9.17) is 10.0 Å². The van der Waals surface area contributed by atoms with Crippen molar-refractivity contribution >= 4 is 13.3 Å². The highest BCUT2D eigenvalue weighted by Gasteiger charge is 2.02. The molecule has 3 N–H and O–H groups in total. The van der Waals surface area contributed by atoms with Gasteiger partial charge in [0.05, 0.1) is 0 Å². The second-order valence-corrected chi connectivity index (χ2v) is 2.65. The van der Waals surface area contributed by atoms with Gasteiger partial charge in [0.2, 0.25) is 0 Å². The summed E-state index contributed by atoms with van der Waals surface area (Å²) in [6.45, 7) is 3.97. The van der Waals surface area contributed by atoms with Gasteiger partial charge in [-0.05, 0) is 26.6 Å². The van der Waals surface area contributed by atoms with Crippen LogP contribution >= 0.6 is 0 Å². The molecular formula is C6H15BN2O2. The Morgan fingerprint density at radius 2 is 2.18 bits per heavy atom. The Kier molecular flexibility index (Phi) is 5.88. The lowest BCUT2D eigenvalue weighted by atomic mass is 9.85. The minimum Gasteiger partial charge on any atom is -0.427 e. The van der Waals surface area contributed by atoms with E-state index in [-0.39, 0.29) is 0 Å². The van der Waals surface area contributed by atoms with Gasteiger partial charge in [0.25, 0.3) is 0 Å². The van der Waals surface area contributed by atoms with Crippen molar-refractivity contribution in [3.05, 3.63) is 0 Å². The van der Waals surface area contributed by atoms with E-state index in [0.29, 0.717) is 18.8 Å². The molecule has 0 fully saturated rings. The second kappa shape index (κ2) is 6.18. The van der Waals surface area contributed by atoms with Crippen molar-refractivity contribution in [2.75, 3.05) is 0 Å². The molecule has 0 aromatic heterocycles. The van der Waals surface area contributed by atoms with Gasteiger partial charge in [-0.1, -0.05) is 0 Å². The van der Waals surface area contributed by atoms with Crippen molar-refractivity contribution in [2.24, 2.45) is 5.10 Å². The molecule has 0 heterocycles. The standard InChI is InChI=1S/C6H15BN2O2/c1-6(2)9-8-5-3-4-7(10)11/h5-6,9-11H,3-4H2,1-2H3/b8-5-. The van der Waals surface area contributed by atoms with Gasteiger partial charge in [0, 0.05) is 12.3 Å². The molecule has 0 saturated carbocycles. The van der Waals surface area contributed by atoms with Crippen LogP contribution in [0.3, 0.4) is 0 Å². The lowest BCUT2D eigenvalue weighted by Crippen LogP contribution is -2.16. The Morgan fingerprint density at radius 3 is 2.64 bits per heavy atom. The largest absolute Gasteiger partial charge is 0.451 e. The van der Waals surface area contributed by atoms with Crippen LogP contribution in [0.5, 0.6) is 0 Å². The van der Waals surface area contributed by atoms with Crippen LogP contribution in [0.25, 0.3) is 0 Å². The van der Waals surface area contributed by atoms with Gasteiger partial charge in [-0.25, -0.2) is 0 Å². The maximum atomic E-state index is 8.43. The molecule has 0 atom stereocenters. The second-order valence-electron chi connectivity index (χ2n) is 2.65. The van der Waals surface area contributed by atoms with Crippen molar-refractivity contribution in [1.82, 2.24) is 5.43 Å². The number of nitrogens with zero attached hydrogens (tertiary/aromatic N) is 1. The molecule has 0 aromatic carbocycles. The fourth-order valence-corrected chi connectivity index (χ4v) is 0.490. The van der Waals surface area contributed by atoms with Gasteiger partial charge in [-0.3, -0.25) is 0 Å². The Balaban J connectivity index is 3.17.